The maximum Gasteiger partial charge on any atom is 0.257 e. The van der Waals surface area contributed by atoms with Crippen molar-refractivity contribution in [1.82, 2.24) is 10.1 Å². The second-order valence-electron chi connectivity index (χ2n) is 8.02. The molecule has 0 unspecified atom stereocenters. The summed E-state index contributed by atoms with van der Waals surface area (Å²) in [7, 11) is 3.09. The maximum absolute atomic E-state index is 12.7. The van der Waals surface area contributed by atoms with E-state index in [1.807, 2.05) is 68.4 Å². The molecule has 0 aliphatic carbocycles. The van der Waals surface area contributed by atoms with Gasteiger partial charge in [-0.25, -0.2) is 0 Å². The number of methoxy groups -OCH3 is 2. The molecule has 7 nitrogen and oxygen atoms in total. The van der Waals surface area contributed by atoms with Crippen molar-refractivity contribution >= 4 is 11.6 Å². The molecule has 0 aliphatic heterocycles. The number of aromatic nitrogens is 2. The molecule has 4 rings (SSSR count). The first kappa shape index (κ1) is 22.1. The van der Waals surface area contributed by atoms with Gasteiger partial charge in [0.25, 0.3) is 11.8 Å². The second kappa shape index (κ2) is 9.16. The second-order valence-corrected chi connectivity index (χ2v) is 8.02. The monoisotopic (exact) mass is 443 g/mol. The fourth-order valence-corrected chi connectivity index (χ4v) is 3.46. The predicted molar refractivity (Wildman–Crippen MR) is 126 cm³/mol. The number of carbonyl (C=O) groups is 1. The molecule has 0 saturated carbocycles. The number of nitrogens with zero attached hydrogens (tertiary/aromatic N) is 2. The van der Waals surface area contributed by atoms with Crippen LogP contribution >= 0.6 is 0 Å². The average Bonchev–Trinajstić information content (AvgIpc) is 3.36. The lowest BCUT2D eigenvalue weighted by Crippen LogP contribution is -2.21. The van der Waals surface area contributed by atoms with E-state index in [0.29, 0.717) is 34.5 Å². The van der Waals surface area contributed by atoms with Gasteiger partial charge in [0.2, 0.25) is 0 Å². The van der Waals surface area contributed by atoms with Crippen molar-refractivity contribution in [3.8, 4) is 23.0 Å². The number of benzene rings is 3. The maximum atomic E-state index is 12.7. The van der Waals surface area contributed by atoms with Crippen molar-refractivity contribution in [1.29, 1.82) is 0 Å². The van der Waals surface area contributed by atoms with Gasteiger partial charge >= 0.3 is 0 Å². The molecule has 33 heavy (non-hydrogen) atoms. The van der Waals surface area contributed by atoms with Gasteiger partial charge in [0.1, 0.15) is 0 Å². The molecule has 1 heterocycles. The van der Waals surface area contributed by atoms with E-state index >= 15 is 0 Å². The third-order valence-electron chi connectivity index (χ3n) is 5.52. The summed E-state index contributed by atoms with van der Waals surface area (Å²) in [5.74, 6) is 1.89. The zero-order valence-electron chi connectivity index (χ0n) is 19.0. The van der Waals surface area contributed by atoms with Crippen LogP contribution < -0.4 is 14.8 Å². The van der Waals surface area contributed by atoms with E-state index in [-0.39, 0.29) is 5.91 Å². The van der Waals surface area contributed by atoms with Gasteiger partial charge in [-0.2, -0.15) is 4.98 Å². The number of nitrogens with one attached hydrogen (secondary N) is 1. The number of anilines is 1. The topological polar surface area (TPSA) is 86.5 Å². The van der Waals surface area contributed by atoms with E-state index < -0.39 is 5.41 Å². The average molecular weight is 444 g/mol. The zero-order valence-corrected chi connectivity index (χ0v) is 19.0. The van der Waals surface area contributed by atoms with E-state index in [1.165, 1.54) is 7.11 Å². The fraction of sp³-hybridized carbons (Fsp3) is 0.192. The quantitative estimate of drug-likeness (QED) is 0.415. The number of carbonyl (C=O) groups excluding carboxylic acids is 1. The summed E-state index contributed by atoms with van der Waals surface area (Å²) in [6, 6.07) is 22.3. The molecule has 0 fully saturated rings. The highest BCUT2D eigenvalue weighted by Crippen LogP contribution is 2.32. The van der Waals surface area contributed by atoms with E-state index in [4.69, 9.17) is 14.0 Å². The Morgan fingerprint density at radius 3 is 2.27 bits per heavy atom. The van der Waals surface area contributed by atoms with Crippen LogP contribution in [0, 0.1) is 0 Å². The molecule has 0 aliphatic rings. The molecule has 1 amide bonds. The molecule has 0 atom stereocenters. The fourth-order valence-electron chi connectivity index (χ4n) is 3.46. The Kier molecular flexibility index (Phi) is 6.13. The van der Waals surface area contributed by atoms with E-state index in [0.717, 1.165) is 11.1 Å². The first-order chi connectivity index (χ1) is 15.9. The highest BCUT2D eigenvalue weighted by molar-refractivity contribution is 6.04. The normalized spacial score (nSPS) is 11.2. The summed E-state index contributed by atoms with van der Waals surface area (Å²) < 4.78 is 16.0. The first-order valence-electron chi connectivity index (χ1n) is 10.5. The Labute approximate surface area is 192 Å². The lowest BCUT2D eigenvalue weighted by molar-refractivity contribution is 0.102. The molecule has 3 aromatic carbocycles. The smallest absolute Gasteiger partial charge is 0.257 e. The predicted octanol–water partition coefficient (Wildman–Crippen LogP) is 5.33. The summed E-state index contributed by atoms with van der Waals surface area (Å²) in [5, 5.41) is 7.11. The van der Waals surface area contributed by atoms with Gasteiger partial charge in [-0.3, -0.25) is 4.79 Å². The molecule has 4 aromatic rings. The van der Waals surface area contributed by atoms with Crippen LogP contribution in [-0.4, -0.2) is 30.3 Å². The minimum atomic E-state index is -0.484. The summed E-state index contributed by atoms with van der Waals surface area (Å²) in [4.78, 5) is 17.3. The van der Waals surface area contributed by atoms with Gasteiger partial charge in [0.15, 0.2) is 17.3 Å². The molecule has 0 spiro atoms. The highest BCUT2D eigenvalue weighted by Gasteiger charge is 2.29. The van der Waals surface area contributed by atoms with Crippen molar-refractivity contribution in [3.63, 3.8) is 0 Å². The minimum Gasteiger partial charge on any atom is -0.493 e. The van der Waals surface area contributed by atoms with Crippen molar-refractivity contribution in [3.05, 3.63) is 89.7 Å². The van der Waals surface area contributed by atoms with Crippen LogP contribution in [0.4, 0.5) is 5.69 Å². The molecule has 0 saturated heterocycles. The third-order valence-corrected chi connectivity index (χ3v) is 5.52. The lowest BCUT2D eigenvalue weighted by atomic mass is 9.84. The van der Waals surface area contributed by atoms with E-state index in [9.17, 15) is 4.79 Å². The van der Waals surface area contributed by atoms with Crippen LogP contribution in [0.1, 0.15) is 35.6 Å². The molecule has 168 valence electrons. The van der Waals surface area contributed by atoms with E-state index in [2.05, 4.69) is 15.5 Å². The molecule has 7 heteroatoms. The van der Waals surface area contributed by atoms with Crippen molar-refractivity contribution < 1.29 is 18.8 Å². The Balaban J connectivity index is 1.50. The number of amides is 1. The standard InChI is InChI=1S/C26H25N3O4/c1-26(2,25-28-24(33-29-25)17-8-6-5-7-9-17)19-11-13-20(14-12-19)27-23(30)18-10-15-21(31-3)22(16-18)32-4/h5-16H,1-4H3,(H,27,30). The number of hydrogen-bond donors (Lipinski definition) is 1. The highest BCUT2D eigenvalue weighted by atomic mass is 16.5. The molecule has 0 radical (unpaired) electrons. The Morgan fingerprint density at radius 2 is 1.61 bits per heavy atom. The van der Waals surface area contributed by atoms with Crippen molar-refractivity contribution in [2.75, 3.05) is 19.5 Å². The molecular weight excluding hydrogens is 418 g/mol. The van der Waals surface area contributed by atoms with Gasteiger partial charge in [0, 0.05) is 16.8 Å². The SMILES string of the molecule is COc1ccc(C(=O)Nc2ccc(C(C)(C)c3noc(-c4ccccc4)n3)cc2)cc1OC. The van der Waals surface area contributed by atoms with Gasteiger partial charge in [-0.15, -0.1) is 0 Å². The van der Waals surface area contributed by atoms with Crippen LogP contribution in [0.2, 0.25) is 0 Å². The molecule has 0 bridgehead atoms. The van der Waals surface area contributed by atoms with Gasteiger partial charge in [-0.1, -0.05) is 35.5 Å². The minimum absolute atomic E-state index is 0.242. The van der Waals surface area contributed by atoms with Gasteiger partial charge in [0.05, 0.1) is 19.6 Å². The largest absolute Gasteiger partial charge is 0.493 e. The van der Waals surface area contributed by atoms with Crippen LogP contribution in [0.3, 0.4) is 0 Å². The van der Waals surface area contributed by atoms with Gasteiger partial charge < -0.3 is 19.3 Å². The van der Waals surface area contributed by atoms with Crippen LogP contribution in [0.15, 0.2) is 77.3 Å². The molecular formula is C26H25N3O4. The van der Waals surface area contributed by atoms with E-state index in [1.54, 1.807) is 25.3 Å². The first-order valence-corrected chi connectivity index (χ1v) is 10.5. The number of rotatable bonds is 7. The summed E-state index contributed by atoms with van der Waals surface area (Å²) in [6.45, 7) is 4.06. The Bertz CT molecular complexity index is 1250. The molecule has 1 aromatic heterocycles. The van der Waals surface area contributed by atoms with Crippen LogP contribution in [-0.2, 0) is 5.41 Å². The van der Waals surface area contributed by atoms with Crippen molar-refractivity contribution in [2.45, 2.75) is 19.3 Å². The Hall–Kier alpha value is -4.13. The van der Waals surface area contributed by atoms with Gasteiger partial charge in [-0.05, 0) is 61.9 Å². The van der Waals surface area contributed by atoms with Crippen LogP contribution in [0.25, 0.3) is 11.5 Å². The van der Waals surface area contributed by atoms with Crippen LogP contribution in [0.5, 0.6) is 11.5 Å². The summed E-state index contributed by atoms with van der Waals surface area (Å²) >= 11 is 0. The lowest BCUT2D eigenvalue weighted by Gasteiger charge is -2.21. The van der Waals surface area contributed by atoms with Crippen molar-refractivity contribution in [2.24, 2.45) is 0 Å². The number of ether oxygens (including phenoxy) is 2. The molecule has 1 N–H and O–H groups in total. The number of hydrogen-bond acceptors (Lipinski definition) is 6. The summed E-state index contributed by atoms with van der Waals surface area (Å²) in [5.41, 5.74) is 2.53. The third kappa shape index (κ3) is 4.57. The zero-order chi connectivity index (χ0) is 23.4. The summed E-state index contributed by atoms with van der Waals surface area (Å²) in [6.07, 6.45) is 0. The Morgan fingerprint density at radius 1 is 0.909 bits per heavy atom.